The van der Waals surface area contributed by atoms with Crippen molar-refractivity contribution in [1.82, 2.24) is 0 Å². The lowest BCUT2D eigenvalue weighted by Crippen LogP contribution is -2.39. The molecule has 3 nitrogen and oxygen atoms in total. The molecule has 0 aliphatic heterocycles. The van der Waals surface area contributed by atoms with Crippen molar-refractivity contribution < 1.29 is 14.3 Å². The van der Waals surface area contributed by atoms with Crippen LogP contribution in [0.15, 0.2) is 0 Å². The third kappa shape index (κ3) is 2.43. The molecule has 1 unspecified atom stereocenters. The van der Waals surface area contributed by atoms with Crippen molar-refractivity contribution in [2.75, 3.05) is 6.61 Å². The number of ether oxygens (including phenoxy) is 1. The maximum atomic E-state index is 11.3. The molecule has 0 aliphatic carbocycles. The molecule has 0 saturated carbocycles. The van der Waals surface area contributed by atoms with Crippen molar-refractivity contribution in [3.8, 4) is 0 Å². The van der Waals surface area contributed by atoms with Gasteiger partial charge in [0, 0.05) is 0 Å². The molecule has 4 heteroatoms. The molecule has 0 saturated heterocycles. The van der Waals surface area contributed by atoms with Gasteiger partial charge in [-0.05, 0) is 20.3 Å². The average molecular weight is 284 g/mol. The number of halogens is 1. The van der Waals surface area contributed by atoms with E-state index in [-0.39, 0.29) is 5.78 Å². The predicted molar refractivity (Wildman–Crippen MR) is 54.4 cm³/mol. The quantitative estimate of drug-likeness (QED) is 0.342. The largest absolute Gasteiger partial charge is 0.465 e. The fourth-order valence-electron chi connectivity index (χ4n) is 0.782. The highest BCUT2D eigenvalue weighted by Gasteiger charge is 2.40. The molecule has 1 atom stereocenters. The minimum atomic E-state index is -0.978. The molecule has 0 rings (SSSR count). The van der Waals surface area contributed by atoms with Crippen molar-refractivity contribution in [2.45, 2.75) is 30.6 Å². The van der Waals surface area contributed by atoms with Crippen molar-refractivity contribution in [3.63, 3.8) is 0 Å². The third-order valence-corrected chi connectivity index (χ3v) is 3.61. The van der Waals surface area contributed by atoms with E-state index < -0.39 is 9.39 Å². The standard InChI is InChI=1S/C8H13IO3/c1-4-8(9,6(3)10)7(11)12-5-2/h4-5H2,1-3H3. The van der Waals surface area contributed by atoms with Crippen LogP contribution in [0.3, 0.4) is 0 Å². The molecule has 0 aliphatic rings. The molecule has 0 aromatic carbocycles. The van der Waals surface area contributed by atoms with E-state index in [1.165, 1.54) is 6.92 Å². The fraction of sp³-hybridized carbons (Fsp3) is 0.750. The van der Waals surface area contributed by atoms with Crippen LogP contribution in [0.2, 0.25) is 0 Å². The Morgan fingerprint density at radius 3 is 2.17 bits per heavy atom. The van der Waals surface area contributed by atoms with Gasteiger partial charge in [-0.25, -0.2) is 0 Å². The van der Waals surface area contributed by atoms with E-state index in [0.717, 1.165) is 0 Å². The molecule has 0 bridgehead atoms. The summed E-state index contributed by atoms with van der Waals surface area (Å²) in [4.78, 5) is 22.4. The van der Waals surface area contributed by atoms with E-state index in [9.17, 15) is 9.59 Å². The second kappa shape index (κ2) is 4.79. The van der Waals surface area contributed by atoms with Crippen molar-refractivity contribution >= 4 is 34.3 Å². The average Bonchev–Trinajstić information content (AvgIpc) is 2.03. The van der Waals surface area contributed by atoms with E-state index >= 15 is 0 Å². The molecule has 70 valence electrons. The summed E-state index contributed by atoms with van der Waals surface area (Å²) < 4.78 is 3.81. The Balaban J connectivity index is 4.52. The lowest BCUT2D eigenvalue weighted by molar-refractivity contribution is -0.148. The van der Waals surface area contributed by atoms with E-state index in [1.54, 1.807) is 13.8 Å². The van der Waals surface area contributed by atoms with Crippen LogP contribution in [0.1, 0.15) is 27.2 Å². The Morgan fingerprint density at radius 1 is 1.42 bits per heavy atom. The smallest absolute Gasteiger partial charge is 0.329 e. The normalized spacial score (nSPS) is 15.0. The lowest BCUT2D eigenvalue weighted by Gasteiger charge is -2.19. The number of Topliss-reactive ketones (excluding diaryl/α,β-unsaturated/α-hetero) is 1. The number of rotatable bonds is 4. The summed E-state index contributed by atoms with van der Waals surface area (Å²) in [6, 6.07) is 0. The molecule has 0 aromatic rings. The highest BCUT2D eigenvalue weighted by Crippen LogP contribution is 2.25. The van der Waals surface area contributed by atoms with E-state index in [1.807, 2.05) is 22.6 Å². The monoisotopic (exact) mass is 284 g/mol. The van der Waals surface area contributed by atoms with Gasteiger partial charge in [-0.15, -0.1) is 0 Å². The van der Waals surface area contributed by atoms with Gasteiger partial charge in [0.25, 0.3) is 0 Å². The minimum absolute atomic E-state index is 0.149. The van der Waals surface area contributed by atoms with Gasteiger partial charge in [-0.3, -0.25) is 9.59 Å². The van der Waals surface area contributed by atoms with Gasteiger partial charge in [0.1, 0.15) is 0 Å². The number of ketones is 1. The van der Waals surface area contributed by atoms with Crippen molar-refractivity contribution in [2.24, 2.45) is 0 Å². The molecule has 0 radical (unpaired) electrons. The Morgan fingerprint density at radius 2 is 1.92 bits per heavy atom. The zero-order valence-corrected chi connectivity index (χ0v) is 9.67. The molecule has 0 aromatic heterocycles. The molecule has 0 spiro atoms. The Kier molecular flexibility index (Phi) is 4.74. The van der Waals surface area contributed by atoms with Gasteiger partial charge < -0.3 is 4.74 Å². The van der Waals surface area contributed by atoms with E-state index in [2.05, 4.69) is 0 Å². The summed E-state index contributed by atoms with van der Waals surface area (Å²) in [5.41, 5.74) is 0. The van der Waals surface area contributed by atoms with Crippen LogP contribution < -0.4 is 0 Å². The first-order chi connectivity index (χ1) is 5.49. The first-order valence-corrected chi connectivity index (χ1v) is 4.94. The van der Waals surface area contributed by atoms with Crippen LogP contribution in [-0.4, -0.2) is 21.8 Å². The van der Waals surface area contributed by atoms with Crippen LogP contribution in [0, 0.1) is 0 Å². The highest BCUT2D eigenvalue weighted by atomic mass is 127. The third-order valence-electron chi connectivity index (χ3n) is 1.64. The van der Waals surface area contributed by atoms with Crippen molar-refractivity contribution in [1.29, 1.82) is 0 Å². The topological polar surface area (TPSA) is 43.4 Å². The van der Waals surface area contributed by atoms with Gasteiger partial charge in [-0.1, -0.05) is 29.5 Å². The molecule has 0 heterocycles. The lowest BCUT2D eigenvalue weighted by atomic mass is 10.0. The highest BCUT2D eigenvalue weighted by molar-refractivity contribution is 14.1. The summed E-state index contributed by atoms with van der Waals surface area (Å²) in [5.74, 6) is -0.579. The Hall–Kier alpha value is -0.130. The predicted octanol–water partition coefficient (Wildman–Crippen LogP) is 1.72. The van der Waals surface area contributed by atoms with E-state index in [0.29, 0.717) is 13.0 Å². The fourth-order valence-corrected chi connectivity index (χ4v) is 0.938. The molecule has 12 heavy (non-hydrogen) atoms. The second-order valence-corrected chi connectivity index (χ2v) is 4.27. The second-order valence-electron chi connectivity index (χ2n) is 2.43. The summed E-state index contributed by atoms with van der Waals surface area (Å²) in [6.45, 7) is 5.25. The van der Waals surface area contributed by atoms with Crippen LogP contribution in [0.4, 0.5) is 0 Å². The Bertz CT molecular complexity index is 191. The maximum absolute atomic E-state index is 11.3. The van der Waals surface area contributed by atoms with Crippen molar-refractivity contribution in [3.05, 3.63) is 0 Å². The number of alkyl halides is 1. The summed E-state index contributed by atoms with van der Waals surface area (Å²) in [6.07, 6.45) is 0.474. The van der Waals surface area contributed by atoms with Gasteiger partial charge in [0.2, 0.25) is 0 Å². The molecule has 0 N–H and O–H groups in total. The van der Waals surface area contributed by atoms with Crippen LogP contribution >= 0.6 is 22.6 Å². The van der Waals surface area contributed by atoms with Gasteiger partial charge in [0.15, 0.2) is 9.20 Å². The minimum Gasteiger partial charge on any atom is -0.465 e. The first-order valence-electron chi connectivity index (χ1n) is 3.86. The zero-order valence-electron chi connectivity index (χ0n) is 7.52. The number of carbonyl (C=O) groups is 2. The SMILES string of the molecule is CCOC(=O)C(I)(CC)C(C)=O. The summed E-state index contributed by atoms with van der Waals surface area (Å²) in [5, 5.41) is 0. The first kappa shape index (κ1) is 11.9. The Labute approximate surface area is 86.0 Å². The molecular formula is C8H13IO3. The van der Waals surface area contributed by atoms with E-state index in [4.69, 9.17) is 4.74 Å². The molecule has 0 amide bonds. The molecular weight excluding hydrogens is 271 g/mol. The number of esters is 1. The van der Waals surface area contributed by atoms with Crippen LogP contribution in [0.25, 0.3) is 0 Å². The summed E-state index contributed by atoms with van der Waals surface area (Å²) in [7, 11) is 0. The maximum Gasteiger partial charge on any atom is 0.329 e. The van der Waals surface area contributed by atoms with Crippen LogP contribution in [0.5, 0.6) is 0 Å². The molecule has 0 fully saturated rings. The van der Waals surface area contributed by atoms with Gasteiger partial charge in [0.05, 0.1) is 6.61 Å². The summed E-state index contributed by atoms with van der Waals surface area (Å²) >= 11 is 1.85. The number of carbonyl (C=O) groups excluding carboxylic acids is 2. The van der Waals surface area contributed by atoms with Gasteiger partial charge >= 0.3 is 5.97 Å². The van der Waals surface area contributed by atoms with Gasteiger partial charge in [-0.2, -0.15) is 0 Å². The number of hydrogen-bond acceptors (Lipinski definition) is 3. The van der Waals surface area contributed by atoms with Crippen LogP contribution in [-0.2, 0) is 14.3 Å². The zero-order chi connectivity index (χ0) is 9.78. The number of hydrogen-bond donors (Lipinski definition) is 0.